The maximum Gasteiger partial charge on any atom is 0.257 e. The first-order valence-corrected chi connectivity index (χ1v) is 10.9. The minimum absolute atomic E-state index is 0.101. The van der Waals surface area contributed by atoms with Gasteiger partial charge in [-0.2, -0.15) is 4.31 Å². The molecule has 1 aromatic rings. The Balaban J connectivity index is 1.70. The van der Waals surface area contributed by atoms with E-state index in [9.17, 15) is 13.2 Å². The van der Waals surface area contributed by atoms with Crippen molar-refractivity contribution in [1.82, 2.24) is 14.5 Å². The Morgan fingerprint density at radius 2 is 1.89 bits per heavy atom. The van der Waals surface area contributed by atoms with Crippen molar-refractivity contribution in [2.45, 2.75) is 6.92 Å². The van der Waals surface area contributed by atoms with Gasteiger partial charge in [0, 0.05) is 39.3 Å². The van der Waals surface area contributed by atoms with E-state index in [2.05, 4.69) is 10.2 Å². The zero-order valence-electron chi connectivity index (χ0n) is 16.0. The molecule has 0 aliphatic carbocycles. The lowest BCUT2D eigenvalue weighted by Crippen LogP contribution is -2.45. The molecule has 1 aliphatic rings. The van der Waals surface area contributed by atoms with Crippen LogP contribution in [0, 0.1) is 6.92 Å². The van der Waals surface area contributed by atoms with Crippen LogP contribution in [0.5, 0.6) is 5.75 Å². The van der Waals surface area contributed by atoms with Crippen LogP contribution in [0.4, 0.5) is 0 Å². The molecule has 1 heterocycles. The van der Waals surface area contributed by atoms with Crippen molar-refractivity contribution in [2.24, 2.45) is 0 Å². The monoisotopic (exact) mass is 399 g/mol. The topological polar surface area (TPSA) is 88.2 Å². The molecule has 0 saturated carbocycles. The molecule has 0 radical (unpaired) electrons. The fraction of sp³-hybridized carbons (Fsp3) is 0.611. The number of hydrogen-bond acceptors (Lipinski definition) is 6. The number of nitrogens with zero attached hydrogens (tertiary/aromatic N) is 2. The second-order valence-electron chi connectivity index (χ2n) is 6.57. The Kier molecular flexibility index (Phi) is 8.49. The quantitative estimate of drug-likeness (QED) is 0.600. The fourth-order valence-electron chi connectivity index (χ4n) is 2.68. The van der Waals surface area contributed by atoms with Crippen molar-refractivity contribution in [3.63, 3.8) is 0 Å². The molecule has 0 aromatic heterocycles. The summed E-state index contributed by atoms with van der Waals surface area (Å²) >= 11 is 0. The van der Waals surface area contributed by atoms with Crippen molar-refractivity contribution in [3.05, 3.63) is 29.8 Å². The number of ether oxygens (including phenoxy) is 2. The maximum absolute atomic E-state index is 12.0. The Hall–Kier alpha value is -1.68. The highest BCUT2D eigenvalue weighted by molar-refractivity contribution is 7.88. The molecule has 1 saturated heterocycles. The maximum atomic E-state index is 12.0. The zero-order chi connectivity index (χ0) is 19.7. The lowest BCUT2D eigenvalue weighted by atomic mass is 10.2. The number of hydrogen-bond donors (Lipinski definition) is 1. The highest BCUT2D eigenvalue weighted by atomic mass is 32.2. The van der Waals surface area contributed by atoms with Gasteiger partial charge >= 0.3 is 0 Å². The number of carbonyl (C=O) groups is 1. The first kappa shape index (κ1) is 21.6. The third-order valence-electron chi connectivity index (χ3n) is 4.31. The van der Waals surface area contributed by atoms with E-state index in [1.54, 1.807) is 12.1 Å². The van der Waals surface area contributed by atoms with Gasteiger partial charge in [-0.25, -0.2) is 8.42 Å². The number of benzene rings is 1. The van der Waals surface area contributed by atoms with Gasteiger partial charge < -0.3 is 14.8 Å². The third kappa shape index (κ3) is 8.25. The number of sulfonamides is 1. The van der Waals surface area contributed by atoms with Gasteiger partial charge in [0.15, 0.2) is 6.61 Å². The summed E-state index contributed by atoms with van der Waals surface area (Å²) in [7, 11) is -3.33. The molecule has 0 atom stereocenters. The number of amides is 1. The summed E-state index contributed by atoms with van der Waals surface area (Å²) in [4.78, 5) is 14.1. The molecule has 0 bridgehead atoms. The number of aryl methyl sites for hydroxylation is 1. The van der Waals surface area contributed by atoms with Crippen LogP contribution in [0.3, 0.4) is 0 Å². The van der Waals surface area contributed by atoms with Gasteiger partial charge in [-0.3, -0.25) is 9.69 Å². The van der Waals surface area contributed by atoms with Gasteiger partial charge in [-0.15, -0.1) is 0 Å². The van der Waals surface area contributed by atoms with Crippen LogP contribution in [0.25, 0.3) is 0 Å². The van der Waals surface area contributed by atoms with Gasteiger partial charge in [0.1, 0.15) is 5.75 Å². The third-order valence-corrected chi connectivity index (χ3v) is 5.62. The van der Waals surface area contributed by atoms with Gasteiger partial charge in [0.2, 0.25) is 10.0 Å². The smallest absolute Gasteiger partial charge is 0.257 e. The van der Waals surface area contributed by atoms with Crippen molar-refractivity contribution < 1.29 is 22.7 Å². The minimum Gasteiger partial charge on any atom is -0.484 e. The first-order valence-electron chi connectivity index (χ1n) is 9.06. The Labute approximate surface area is 161 Å². The lowest BCUT2D eigenvalue weighted by Gasteiger charge is -2.29. The highest BCUT2D eigenvalue weighted by Crippen LogP contribution is 2.10. The van der Waals surface area contributed by atoms with Crippen LogP contribution in [0.15, 0.2) is 24.3 Å². The van der Waals surface area contributed by atoms with E-state index in [1.807, 2.05) is 19.1 Å². The summed E-state index contributed by atoms with van der Waals surface area (Å²) in [6.07, 6.45) is 1.19. The molecule has 9 heteroatoms. The summed E-state index contributed by atoms with van der Waals surface area (Å²) in [5.41, 5.74) is 1.12. The molecular formula is C18H29N3O5S. The van der Waals surface area contributed by atoms with E-state index in [0.29, 0.717) is 32.1 Å². The molecule has 1 amide bonds. The van der Waals surface area contributed by atoms with Gasteiger partial charge in [-0.05, 0) is 19.1 Å². The van der Waals surface area contributed by atoms with Crippen molar-refractivity contribution in [1.29, 1.82) is 0 Å². The highest BCUT2D eigenvalue weighted by Gasteiger charge is 2.19. The second-order valence-corrected chi connectivity index (χ2v) is 8.55. The fourth-order valence-corrected chi connectivity index (χ4v) is 3.51. The number of morpholine rings is 1. The van der Waals surface area contributed by atoms with Crippen molar-refractivity contribution in [2.75, 3.05) is 65.3 Å². The standard InChI is InChI=1S/C18H29N3O5S/c1-16-3-5-17(6-4-16)26-15-18(22)19-7-8-21(27(2,23)24)10-9-20-11-13-25-14-12-20/h3-6H,7-15H2,1-2H3,(H,19,22). The van der Waals surface area contributed by atoms with E-state index < -0.39 is 10.0 Å². The minimum atomic E-state index is -3.33. The molecule has 1 fully saturated rings. The number of carbonyl (C=O) groups excluding carboxylic acids is 1. The molecule has 1 aromatic carbocycles. The van der Waals surface area contributed by atoms with Gasteiger partial charge in [0.25, 0.3) is 5.91 Å². The van der Waals surface area contributed by atoms with Crippen LogP contribution in [-0.2, 0) is 19.6 Å². The Morgan fingerprint density at radius 1 is 1.22 bits per heavy atom. The summed E-state index contributed by atoms with van der Waals surface area (Å²) in [5, 5.41) is 2.70. The summed E-state index contributed by atoms with van der Waals surface area (Å²) in [6.45, 7) is 6.38. The molecule has 0 spiro atoms. The van der Waals surface area contributed by atoms with Crippen LogP contribution in [0.2, 0.25) is 0 Å². The average molecular weight is 400 g/mol. The van der Waals surface area contributed by atoms with E-state index in [0.717, 1.165) is 18.7 Å². The van der Waals surface area contributed by atoms with Crippen molar-refractivity contribution in [3.8, 4) is 5.75 Å². The van der Waals surface area contributed by atoms with Crippen LogP contribution >= 0.6 is 0 Å². The lowest BCUT2D eigenvalue weighted by molar-refractivity contribution is -0.123. The molecule has 1 aliphatic heterocycles. The van der Waals surface area contributed by atoms with Crippen molar-refractivity contribution >= 4 is 15.9 Å². The molecule has 0 unspecified atom stereocenters. The predicted octanol–water partition coefficient (Wildman–Crippen LogP) is 0.0838. The van der Waals surface area contributed by atoms with E-state index in [4.69, 9.17) is 9.47 Å². The molecule has 2 rings (SSSR count). The van der Waals surface area contributed by atoms with Crippen LogP contribution in [0.1, 0.15) is 5.56 Å². The molecule has 152 valence electrons. The Morgan fingerprint density at radius 3 is 2.52 bits per heavy atom. The summed E-state index contributed by atoms with van der Waals surface area (Å²) < 4.78 is 36.0. The van der Waals surface area contributed by atoms with E-state index in [-0.39, 0.29) is 25.6 Å². The summed E-state index contributed by atoms with van der Waals surface area (Å²) in [5.74, 6) is 0.344. The number of rotatable bonds is 10. The van der Waals surface area contributed by atoms with E-state index >= 15 is 0 Å². The zero-order valence-corrected chi connectivity index (χ0v) is 16.8. The molecular weight excluding hydrogens is 370 g/mol. The van der Waals surface area contributed by atoms with E-state index in [1.165, 1.54) is 10.6 Å². The Bertz CT molecular complexity index is 687. The number of nitrogens with one attached hydrogen (secondary N) is 1. The first-order chi connectivity index (χ1) is 12.8. The normalized spacial score (nSPS) is 15.7. The summed E-state index contributed by atoms with van der Waals surface area (Å²) in [6, 6.07) is 7.43. The van der Waals surface area contributed by atoms with Crippen LogP contribution in [-0.4, -0.2) is 88.9 Å². The molecule has 8 nitrogen and oxygen atoms in total. The second kappa shape index (κ2) is 10.6. The predicted molar refractivity (Wildman–Crippen MR) is 103 cm³/mol. The average Bonchev–Trinajstić information content (AvgIpc) is 2.64. The molecule has 1 N–H and O–H groups in total. The SMILES string of the molecule is Cc1ccc(OCC(=O)NCCN(CCN2CCOCC2)S(C)(=O)=O)cc1. The molecule has 27 heavy (non-hydrogen) atoms. The largest absolute Gasteiger partial charge is 0.484 e. The van der Waals surface area contributed by atoms with Gasteiger partial charge in [-0.1, -0.05) is 17.7 Å². The van der Waals surface area contributed by atoms with Gasteiger partial charge in [0.05, 0.1) is 19.5 Å². The van der Waals surface area contributed by atoms with Crippen LogP contribution < -0.4 is 10.1 Å².